The summed E-state index contributed by atoms with van der Waals surface area (Å²) in [5.41, 5.74) is 25.9. The van der Waals surface area contributed by atoms with Gasteiger partial charge in [-0.3, -0.25) is 33.6 Å². The van der Waals surface area contributed by atoms with Gasteiger partial charge in [-0.25, -0.2) is 0 Å². The lowest BCUT2D eigenvalue weighted by Crippen LogP contribution is -2.62. The number of unbranched alkanes of at least 4 members (excludes halogenated alkanes) is 2. The number of aryl methyl sites for hydroxylation is 1. The predicted octanol–water partition coefficient (Wildman–Crippen LogP) is -2.01. The zero-order valence-electron chi connectivity index (χ0n) is 33.5. The van der Waals surface area contributed by atoms with E-state index in [2.05, 4.69) is 57.8 Å². The molecule has 1 saturated heterocycles. The van der Waals surface area contributed by atoms with Gasteiger partial charge in [-0.2, -0.15) is 0 Å². The Morgan fingerprint density at radius 3 is 2.08 bits per heavy atom. The lowest BCUT2D eigenvalue weighted by Gasteiger charge is -2.29. The van der Waals surface area contributed by atoms with Crippen LogP contribution in [0.15, 0.2) is 48.5 Å². The fraction of sp³-hybridized carbons (Fsp3) is 0.513. The van der Waals surface area contributed by atoms with E-state index in [1.54, 1.807) is 12.1 Å². The second-order valence-corrected chi connectivity index (χ2v) is 14.5. The van der Waals surface area contributed by atoms with Crippen LogP contribution in [0.25, 0.3) is 11.1 Å². The van der Waals surface area contributed by atoms with Crippen molar-refractivity contribution in [1.82, 2.24) is 31.5 Å². The highest BCUT2D eigenvalue weighted by Crippen LogP contribution is 2.22. The molecule has 1 heterocycles. The summed E-state index contributed by atoms with van der Waals surface area (Å²) in [5, 5.41) is 30.6. The SMILES string of the molecule is CCCCc1ccc(-c2ccc(C(=O)NCCC(=O)N[C@@H](CCCCN)C(=O)N3CCC[C@H]3C(=O)N[C@@H](N)C(=O)N[C@@H](CCC(N)=O)C(=O)N[C@@H](N)B(O)O)cc2)cc1. The number of rotatable bonds is 24. The van der Waals surface area contributed by atoms with Gasteiger partial charge in [0.05, 0.1) is 0 Å². The lowest BCUT2D eigenvalue weighted by atomic mass is 9.86. The Bertz CT molecular complexity index is 1730. The summed E-state index contributed by atoms with van der Waals surface area (Å²) in [6, 6.07) is 10.4. The number of primary amides is 1. The smallest absolute Gasteiger partial charge is 0.425 e. The Balaban J connectivity index is 1.56. The van der Waals surface area contributed by atoms with Crippen molar-refractivity contribution >= 4 is 48.5 Å². The third kappa shape index (κ3) is 15.7. The van der Waals surface area contributed by atoms with Crippen molar-refractivity contribution in [1.29, 1.82) is 0 Å². The normalized spacial score (nSPS) is 15.6. The van der Waals surface area contributed by atoms with Crippen LogP contribution in [-0.4, -0.2) is 113 Å². The van der Waals surface area contributed by atoms with Crippen LogP contribution in [0.2, 0.25) is 0 Å². The first-order valence-corrected chi connectivity index (χ1v) is 20.0. The van der Waals surface area contributed by atoms with Crippen molar-refractivity contribution in [2.24, 2.45) is 22.9 Å². The maximum Gasteiger partial charge on any atom is 0.490 e. The number of amides is 7. The maximum atomic E-state index is 13.8. The van der Waals surface area contributed by atoms with E-state index in [0.29, 0.717) is 31.4 Å². The van der Waals surface area contributed by atoms with Crippen LogP contribution in [0.1, 0.15) is 87.1 Å². The molecule has 3 rings (SSSR count). The first kappa shape index (κ1) is 48.0. The van der Waals surface area contributed by atoms with Gasteiger partial charge < -0.3 is 64.5 Å². The summed E-state index contributed by atoms with van der Waals surface area (Å²) in [6.07, 6.45) is 2.85. The van der Waals surface area contributed by atoms with Crippen LogP contribution < -0.4 is 49.5 Å². The maximum absolute atomic E-state index is 13.8. The van der Waals surface area contributed by atoms with E-state index in [4.69, 9.17) is 22.9 Å². The largest absolute Gasteiger partial charge is 0.490 e. The highest BCUT2D eigenvalue weighted by atomic mass is 16.4. The summed E-state index contributed by atoms with van der Waals surface area (Å²) in [7, 11) is -2.12. The molecule has 59 heavy (non-hydrogen) atoms. The van der Waals surface area contributed by atoms with Crippen LogP contribution in [0.3, 0.4) is 0 Å². The van der Waals surface area contributed by atoms with Crippen molar-refractivity contribution in [3.8, 4) is 11.1 Å². The van der Waals surface area contributed by atoms with Gasteiger partial charge in [0.1, 0.15) is 24.2 Å². The monoisotopic (exact) mass is 822 g/mol. The van der Waals surface area contributed by atoms with Crippen molar-refractivity contribution < 1.29 is 43.6 Å². The van der Waals surface area contributed by atoms with Gasteiger partial charge >= 0.3 is 7.12 Å². The summed E-state index contributed by atoms with van der Waals surface area (Å²) < 4.78 is 0. The van der Waals surface area contributed by atoms with E-state index in [1.807, 2.05) is 12.1 Å². The fourth-order valence-corrected chi connectivity index (χ4v) is 6.44. The molecule has 1 aliphatic heterocycles. The summed E-state index contributed by atoms with van der Waals surface area (Å²) in [5.74, 6) is -4.91. The summed E-state index contributed by atoms with van der Waals surface area (Å²) >= 11 is 0. The van der Waals surface area contributed by atoms with Gasteiger partial charge in [-0.1, -0.05) is 49.7 Å². The molecular formula is C39H59BN10O9. The summed E-state index contributed by atoms with van der Waals surface area (Å²) in [4.78, 5) is 91.4. The van der Waals surface area contributed by atoms with Gasteiger partial charge in [0.15, 0.2) is 6.17 Å². The topological polar surface area (TPSA) is 327 Å². The minimum atomic E-state index is -2.12. The van der Waals surface area contributed by atoms with Gasteiger partial charge in [0.25, 0.3) is 11.8 Å². The van der Waals surface area contributed by atoms with E-state index in [1.165, 1.54) is 10.5 Å². The van der Waals surface area contributed by atoms with Crippen molar-refractivity contribution in [3.05, 3.63) is 59.7 Å². The van der Waals surface area contributed by atoms with Gasteiger partial charge in [0.2, 0.25) is 29.5 Å². The van der Waals surface area contributed by atoms with Gasteiger partial charge in [-0.15, -0.1) is 0 Å². The van der Waals surface area contributed by atoms with Crippen molar-refractivity contribution in [2.75, 3.05) is 19.6 Å². The summed E-state index contributed by atoms with van der Waals surface area (Å²) in [6.45, 7) is 2.72. The van der Waals surface area contributed by atoms with E-state index < -0.39 is 72.9 Å². The average molecular weight is 823 g/mol. The second-order valence-electron chi connectivity index (χ2n) is 14.5. The Kier molecular flexibility index (Phi) is 19.9. The molecule has 0 radical (unpaired) electrons. The highest BCUT2D eigenvalue weighted by molar-refractivity contribution is 6.43. The van der Waals surface area contributed by atoms with E-state index in [-0.39, 0.29) is 51.1 Å². The standard InChI is InChI=1S/C39H59BN10O9/c1-2-3-7-24-10-12-25(13-11-24)26-14-16-27(17-15-26)34(53)45-22-20-32(52)46-29(8-4-5-21-41)38(57)50-23-6-9-30(50)36(55)48-33(43)37(56)47-28(18-19-31(42)51)35(54)49-39(44)40(58)59/h10-17,28-30,33,39,58-59H,2-9,18-23,41,43-44H2,1H3,(H2,42,51)(H,45,53)(H,46,52)(H,47,56)(H,48,55)(H,49,54)/t28-,29-,30-,33+,39+/m0/s1. The third-order valence-electron chi connectivity index (χ3n) is 9.83. The Morgan fingerprint density at radius 1 is 0.814 bits per heavy atom. The van der Waals surface area contributed by atoms with E-state index in [9.17, 15) is 43.6 Å². The van der Waals surface area contributed by atoms with Crippen molar-refractivity contribution in [3.63, 3.8) is 0 Å². The molecular weight excluding hydrogens is 763 g/mol. The molecule has 15 N–H and O–H groups in total. The Morgan fingerprint density at radius 2 is 1.47 bits per heavy atom. The number of benzene rings is 2. The highest BCUT2D eigenvalue weighted by Gasteiger charge is 2.39. The van der Waals surface area contributed by atoms with Crippen molar-refractivity contribution in [2.45, 2.75) is 108 Å². The average Bonchev–Trinajstić information content (AvgIpc) is 3.71. The number of nitrogens with zero attached hydrogens (tertiary/aromatic N) is 1. The molecule has 2 aromatic carbocycles. The van der Waals surface area contributed by atoms with Crippen LogP contribution in [0, 0.1) is 0 Å². The predicted molar refractivity (Wildman–Crippen MR) is 220 cm³/mol. The molecule has 19 nitrogen and oxygen atoms in total. The van der Waals surface area contributed by atoms with Crippen LogP contribution >= 0.6 is 0 Å². The van der Waals surface area contributed by atoms with Gasteiger partial charge in [-0.05, 0) is 86.7 Å². The zero-order chi connectivity index (χ0) is 43.5. The molecule has 20 heteroatoms. The number of likely N-dealkylation sites (tertiary alicyclic amines) is 1. The van der Waals surface area contributed by atoms with Crippen LogP contribution in [0.4, 0.5) is 0 Å². The molecule has 2 aromatic rings. The fourth-order valence-electron chi connectivity index (χ4n) is 6.44. The molecule has 5 atom stereocenters. The second kappa shape index (κ2) is 24.5. The minimum absolute atomic E-state index is 0.00524. The number of hydrogen-bond acceptors (Lipinski definition) is 12. The molecule has 7 amide bonds. The molecule has 1 aliphatic rings. The Labute approximate surface area is 344 Å². The van der Waals surface area contributed by atoms with Gasteiger partial charge in [0, 0.05) is 31.5 Å². The number of carbonyl (C=O) groups excluding carboxylic acids is 7. The Hall–Kier alpha value is -5.41. The molecule has 0 unspecified atom stereocenters. The lowest BCUT2D eigenvalue weighted by molar-refractivity contribution is -0.142. The zero-order valence-corrected chi connectivity index (χ0v) is 33.5. The van der Waals surface area contributed by atoms with Crippen LogP contribution in [0.5, 0.6) is 0 Å². The van der Waals surface area contributed by atoms with E-state index in [0.717, 1.165) is 30.4 Å². The van der Waals surface area contributed by atoms with Crippen LogP contribution in [-0.2, 0) is 35.2 Å². The number of carbonyl (C=O) groups is 7. The van der Waals surface area contributed by atoms with E-state index >= 15 is 0 Å². The third-order valence-corrected chi connectivity index (χ3v) is 9.83. The number of nitrogens with two attached hydrogens (primary N) is 4. The number of hydrogen-bond donors (Lipinski definition) is 11. The molecule has 0 bridgehead atoms. The quantitative estimate of drug-likeness (QED) is 0.0311. The molecule has 0 spiro atoms. The molecule has 0 saturated carbocycles. The molecule has 0 aromatic heterocycles. The first-order chi connectivity index (χ1) is 28.1. The molecule has 322 valence electrons. The molecule has 0 aliphatic carbocycles. The minimum Gasteiger partial charge on any atom is -0.425 e. The number of nitrogens with one attached hydrogen (secondary N) is 5. The molecule has 1 fully saturated rings. The first-order valence-electron chi connectivity index (χ1n) is 20.0.